The van der Waals surface area contributed by atoms with Crippen LogP contribution in [0.2, 0.25) is 0 Å². The smallest absolute Gasteiger partial charge is 0.244 e. The molecule has 3 N–H and O–H groups in total. The van der Waals surface area contributed by atoms with E-state index in [0.717, 1.165) is 34.6 Å². The molecule has 0 spiro atoms. The zero-order valence-corrected chi connectivity index (χ0v) is 18.6. The van der Waals surface area contributed by atoms with Gasteiger partial charge in [0.2, 0.25) is 5.91 Å². The number of nitrogens with zero attached hydrogens (tertiary/aromatic N) is 2. The van der Waals surface area contributed by atoms with Crippen LogP contribution in [0.4, 0.5) is 10.1 Å². The van der Waals surface area contributed by atoms with Crippen LogP contribution < -0.4 is 11.1 Å². The van der Waals surface area contributed by atoms with Crippen LogP contribution in [-0.2, 0) is 11.8 Å². The predicted molar refractivity (Wildman–Crippen MR) is 121 cm³/mol. The Kier molecular flexibility index (Phi) is 8.21. The third-order valence-corrected chi connectivity index (χ3v) is 4.86. The zero-order valence-electron chi connectivity index (χ0n) is 17.0. The summed E-state index contributed by atoms with van der Waals surface area (Å²) in [5.41, 5.74) is 9.21. The van der Waals surface area contributed by atoms with Gasteiger partial charge in [0.15, 0.2) is 0 Å². The van der Waals surface area contributed by atoms with Crippen LogP contribution in [0.3, 0.4) is 0 Å². The summed E-state index contributed by atoms with van der Waals surface area (Å²) < 4.78 is 15.4. The number of benzene rings is 2. The molecule has 1 amide bonds. The van der Waals surface area contributed by atoms with E-state index in [9.17, 15) is 9.18 Å². The van der Waals surface area contributed by atoms with Gasteiger partial charge < -0.3 is 15.6 Å². The first kappa shape index (κ1) is 24.9. The fraction of sp³-hybridized carbons (Fsp3) is 0.333. The molecule has 0 fully saturated rings. The number of aryl methyl sites for hydroxylation is 2. The summed E-state index contributed by atoms with van der Waals surface area (Å²) in [6, 6.07) is 10.3. The lowest BCUT2D eigenvalue weighted by Gasteiger charge is -2.23. The van der Waals surface area contributed by atoms with E-state index in [0.29, 0.717) is 11.9 Å². The molecule has 0 aliphatic rings. The van der Waals surface area contributed by atoms with Crippen LogP contribution in [-0.4, -0.2) is 21.0 Å². The van der Waals surface area contributed by atoms with E-state index in [1.165, 1.54) is 12.1 Å². The molecule has 3 rings (SSSR count). The summed E-state index contributed by atoms with van der Waals surface area (Å²) in [5, 5.41) is 2.92. The SMILES string of the molecule is CCCC(C)(N)C(=O)Nc1ccc(-c2nc3cc(F)ccc3n2C)cc1C.Cl.Cl. The lowest BCUT2D eigenvalue weighted by atomic mass is 9.96. The van der Waals surface area contributed by atoms with Crippen LogP contribution in [0.15, 0.2) is 36.4 Å². The maximum absolute atomic E-state index is 13.5. The minimum Gasteiger partial charge on any atom is -0.327 e. The average Bonchev–Trinajstić information content (AvgIpc) is 2.92. The average molecular weight is 441 g/mol. The lowest BCUT2D eigenvalue weighted by molar-refractivity contribution is -0.120. The van der Waals surface area contributed by atoms with Gasteiger partial charge in [-0.3, -0.25) is 4.79 Å². The number of amides is 1. The second-order valence-electron chi connectivity index (χ2n) is 7.28. The molecule has 0 aliphatic heterocycles. The van der Waals surface area contributed by atoms with Crippen molar-refractivity contribution in [1.29, 1.82) is 0 Å². The third-order valence-electron chi connectivity index (χ3n) is 4.86. The maximum Gasteiger partial charge on any atom is 0.244 e. The van der Waals surface area contributed by atoms with Gasteiger partial charge in [-0.1, -0.05) is 13.3 Å². The number of carbonyl (C=O) groups excluding carboxylic acids is 1. The molecule has 0 saturated heterocycles. The van der Waals surface area contributed by atoms with Gasteiger partial charge in [0.25, 0.3) is 0 Å². The quantitative estimate of drug-likeness (QED) is 0.586. The number of carbonyl (C=O) groups is 1. The maximum atomic E-state index is 13.5. The van der Waals surface area contributed by atoms with E-state index < -0.39 is 5.54 Å². The van der Waals surface area contributed by atoms with E-state index in [-0.39, 0.29) is 36.5 Å². The standard InChI is InChI=1S/C21H25FN4O.2ClH/c1-5-10-21(3,23)20(27)25-16-8-6-14(11-13(16)2)19-24-17-12-15(22)7-9-18(17)26(19)4;;/h6-9,11-12H,5,10,23H2,1-4H3,(H,25,27);2*1H. The van der Waals surface area contributed by atoms with E-state index >= 15 is 0 Å². The molecule has 158 valence electrons. The van der Waals surface area contributed by atoms with Gasteiger partial charge in [0.1, 0.15) is 11.6 Å². The van der Waals surface area contributed by atoms with Crippen LogP contribution in [0, 0.1) is 12.7 Å². The van der Waals surface area contributed by atoms with E-state index in [1.807, 2.05) is 43.7 Å². The van der Waals surface area contributed by atoms with Crippen molar-refractivity contribution < 1.29 is 9.18 Å². The molecule has 8 heteroatoms. The lowest BCUT2D eigenvalue weighted by Crippen LogP contribution is -2.48. The largest absolute Gasteiger partial charge is 0.327 e. The molecule has 1 unspecified atom stereocenters. The summed E-state index contributed by atoms with van der Waals surface area (Å²) in [6.07, 6.45) is 1.46. The number of rotatable bonds is 5. The first-order valence-electron chi connectivity index (χ1n) is 9.06. The Labute approximate surface area is 182 Å². The van der Waals surface area contributed by atoms with Crippen molar-refractivity contribution in [2.75, 3.05) is 5.32 Å². The summed E-state index contributed by atoms with van der Waals surface area (Å²) in [4.78, 5) is 17.0. The van der Waals surface area contributed by atoms with Gasteiger partial charge in [0.05, 0.1) is 16.6 Å². The molecule has 1 atom stereocenters. The highest BCUT2D eigenvalue weighted by molar-refractivity contribution is 5.98. The molecular weight excluding hydrogens is 414 g/mol. The summed E-state index contributed by atoms with van der Waals surface area (Å²) in [7, 11) is 1.90. The van der Waals surface area contributed by atoms with Crippen LogP contribution in [0.25, 0.3) is 22.4 Å². The fourth-order valence-corrected chi connectivity index (χ4v) is 3.27. The molecular formula is C21H27Cl2FN4O. The number of halogens is 3. The highest BCUT2D eigenvalue weighted by atomic mass is 35.5. The Morgan fingerprint density at radius 2 is 1.93 bits per heavy atom. The Balaban J connectivity index is 0.00000210. The molecule has 1 aromatic heterocycles. The van der Waals surface area contributed by atoms with E-state index in [4.69, 9.17) is 5.73 Å². The van der Waals surface area contributed by atoms with Crippen LogP contribution in [0.5, 0.6) is 0 Å². The summed E-state index contributed by atoms with van der Waals surface area (Å²) >= 11 is 0. The van der Waals surface area contributed by atoms with Gasteiger partial charge in [-0.2, -0.15) is 0 Å². The number of nitrogens with one attached hydrogen (secondary N) is 1. The van der Waals surface area contributed by atoms with Crippen molar-refractivity contribution >= 4 is 47.4 Å². The van der Waals surface area contributed by atoms with Crippen molar-refractivity contribution in [3.8, 4) is 11.4 Å². The Morgan fingerprint density at radius 3 is 2.55 bits per heavy atom. The van der Waals surface area contributed by atoms with Crippen molar-refractivity contribution in [3.63, 3.8) is 0 Å². The van der Waals surface area contributed by atoms with Crippen molar-refractivity contribution in [1.82, 2.24) is 9.55 Å². The Morgan fingerprint density at radius 1 is 1.24 bits per heavy atom. The number of imidazole rings is 1. The number of fused-ring (bicyclic) bond motifs is 1. The van der Waals surface area contributed by atoms with Crippen LogP contribution in [0.1, 0.15) is 32.3 Å². The first-order chi connectivity index (χ1) is 12.7. The van der Waals surface area contributed by atoms with Gasteiger partial charge in [-0.05, 0) is 56.2 Å². The minimum atomic E-state index is -0.901. The first-order valence-corrected chi connectivity index (χ1v) is 9.06. The third kappa shape index (κ3) is 5.07. The second-order valence-corrected chi connectivity index (χ2v) is 7.28. The number of hydrogen-bond donors (Lipinski definition) is 2. The molecule has 3 aromatic rings. The number of hydrogen-bond acceptors (Lipinski definition) is 3. The molecule has 1 heterocycles. The minimum absolute atomic E-state index is 0. The molecule has 0 bridgehead atoms. The molecule has 5 nitrogen and oxygen atoms in total. The van der Waals surface area contributed by atoms with Gasteiger partial charge in [-0.15, -0.1) is 24.8 Å². The highest BCUT2D eigenvalue weighted by Gasteiger charge is 2.27. The van der Waals surface area contributed by atoms with E-state index in [1.54, 1.807) is 13.0 Å². The van der Waals surface area contributed by atoms with Gasteiger partial charge >= 0.3 is 0 Å². The summed E-state index contributed by atoms with van der Waals surface area (Å²) in [6.45, 7) is 5.67. The normalized spacial score (nSPS) is 12.6. The van der Waals surface area contributed by atoms with Crippen molar-refractivity contribution in [3.05, 3.63) is 47.8 Å². The molecule has 0 radical (unpaired) electrons. The second kappa shape index (κ2) is 9.57. The molecule has 2 aromatic carbocycles. The van der Waals surface area contributed by atoms with Crippen LogP contribution >= 0.6 is 24.8 Å². The van der Waals surface area contributed by atoms with Crippen molar-refractivity contribution in [2.45, 2.75) is 39.2 Å². The van der Waals surface area contributed by atoms with Crippen molar-refractivity contribution in [2.24, 2.45) is 12.8 Å². The fourth-order valence-electron chi connectivity index (χ4n) is 3.27. The Hall–Kier alpha value is -2.15. The topological polar surface area (TPSA) is 72.9 Å². The monoisotopic (exact) mass is 440 g/mol. The Bertz CT molecular complexity index is 1020. The predicted octanol–water partition coefficient (Wildman–Crippen LogP) is 4.99. The van der Waals surface area contributed by atoms with Gasteiger partial charge in [-0.25, -0.2) is 9.37 Å². The number of anilines is 1. The highest BCUT2D eigenvalue weighted by Crippen LogP contribution is 2.28. The number of aromatic nitrogens is 2. The molecule has 29 heavy (non-hydrogen) atoms. The number of nitrogens with two attached hydrogens (primary N) is 1. The summed E-state index contributed by atoms with van der Waals surface area (Å²) in [5.74, 6) is 0.239. The molecule has 0 aliphatic carbocycles. The molecule has 0 saturated carbocycles. The van der Waals surface area contributed by atoms with Gasteiger partial charge in [0, 0.05) is 24.4 Å². The zero-order chi connectivity index (χ0) is 19.8. The van der Waals surface area contributed by atoms with E-state index in [2.05, 4.69) is 10.3 Å².